The maximum Gasteiger partial charge on any atom is 0.0927 e. The van der Waals surface area contributed by atoms with Crippen LogP contribution in [0.4, 0.5) is 0 Å². The van der Waals surface area contributed by atoms with E-state index in [9.17, 15) is 4.57 Å². The Morgan fingerprint density at radius 3 is 1.78 bits per heavy atom. The summed E-state index contributed by atoms with van der Waals surface area (Å²) < 4.78 is 13.0. The minimum atomic E-state index is -1.94. The third-order valence-electron chi connectivity index (χ3n) is 4.32. The molecule has 0 bridgehead atoms. The molecule has 0 amide bonds. The number of hydrogen-bond donors (Lipinski definition) is 0. The van der Waals surface area contributed by atoms with Crippen LogP contribution in [0, 0.1) is 0 Å². The lowest BCUT2D eigenvalue weighted by molar-refractivity contribution is 0.549. The average molecular weight is 274 g/mol. The normalized spacial score (nSPS) is 16.8. The summed E-state index contributed by atoms with van der Waals surface area (Å²) in [6.07, 6.45) is 11.3. The van der Waals surface area contributed by atoms with Gasteiger partial charge in [0.2, 0.25) is 0 Å². The molecule has 0 spiro atoms. The first-order chi connectivity index (χ1) is 8.49. The van der Waals surface area contributed by atoms with Crippen LogP contribution in [0.25, 0.3) is 0 Å². The monoisotopic (exact) mass is 274 g/mol. The van der Waals surface area contributed by atoms with Gasteiger partial charge in [-0.2, -0.15) is 0 Å². The van der Waals surface area contributed by atoms with Gasteiger partial charge in [0.15, 0.2) is 0 Å². The van der Waals surface area contributed by atoms with Crippen molar-refractivity contribution in [2.45, 2.75) is 97.3 Å². The van der Waals surface area contributed by atoms with Gasteiger partial charge >= 0.3 is 0 Å². The molecule has 0 aromatic rings. The zero-order valence-corrected chi connectivity index (χ0v) is 14.3. The summed E-state index contributed by atoms with van der Waals surface area (Å²) in [5.41, 5.74) is 0.783. The Bertz CT molecular complexity index is 235. The van der Waals surface area contributed by atoms with Gasteiger partial charge in [-0.3, -0.25) is 0 Å². The Morgan fingerprint density at radius 2 is 1.33 bits per heavy atom. The quantitative estimate of drug-likeness (QED) is 0.319. The van der Waals surface area contributed by atoms with E-state index in [2.05, 4.69) is 34.6 Å². The van der Waals surface area contributed by atoms with E-state index in [1.807, 2.05) is 0 Å². The van der Waals surface area contributed by atoms with Gasteiger partial charge < -0.3 is 4.57 Å². The van der Waals surface area contributed by atoms with Gasteiger partial charge in [0.05, 0.1) is 7.14 Å². The van der Waals surface area contributed by atoms with Gasteiger partial charge in [-0.15, -0.1) is 0 Å². The molecule has 110 valence electrons. The molecule has 0 heterocycles. The Hall–Kier alpha value is 0.230. The lowest BCUT2D eigenvalue weighted by Gasteiger charge is -2.28. The summed E-state index contributed by atoms with van der Waals surface area (Å²) in [6, 6.07) is 0. The van der Waals surface area contributed by atoms with Crippen molar-refractivity contribution in [3.05, 3.63) is 0 Å². The largest absolute Gasteiger partial charge is 0.323 e. The van der Waals surface area contributed by atoms with Gasteiger partial charge in [0.25, 0.3) is 0 Å². The van der Waals surface area contributed by atoms with Crippen LogP contribution >= 0.6 is 7.14 Å². The first kappa shape index (κ1) is 18.2. The molecular formula is C16H35OP. The van der Waals surface area contributed by atoms with Crippen LogP contribution in [0.15, 0.2) is 0 Å². The molecule has 1 nitrogen and oxygen atoms in total. The van der Waals surface area contributed by atoms with Gasteiger partial charge in [-0.1, -0.05) is 73.1 Å². The van der Waals surface area contributed by atoms with Crippen LogP contribution in [0.5, 0.6) is 0 Å². The van der Waals surface area contributed by atoms with Crippen LogP contribution < -0.4 is 0 Å². The van der Waals surface area contributed by atoms with E-state index in [1.165, 1.54) is 44.9 Å². The highest BCUT2D eigenvalue weighted by Gasteiger charge is 2.30. The summed E-state index contributed by atoms with van der Waals surface area (Å²) in [5, 5.41) is 0. The van der Waals surface area contributed by atoms with Crippen molar-refractivity contribution in [1.29, 1.82) is 0 Å². The molecule has 0 aliphatic heterocycles. The molecule has 18 heavy (non-hydrogen) atoms. The van der Waals surface area contributed by atoms with E-state index in [0.29, 0.717) is 11.3 Å². The molecule has 0 fully saturated rings. The van der Waals surface area contributed by atoms with Crippen molar-refractivity contribution < 1.29 is 4.57 Å². The smallest absolute Gasteiger partial charge is 0.0927 e. The molecular weight excluding hydrogens is 239 g/mol. The zero-order valence-electron chi connectivity index (χ0n) is 13.4. The van der Waals surface area contributed by atoms with Crippen molar-refractivity contribution in [3.63, 3.8) is 0 Å². The highest BCUT2D eigenvalue weighted by atomic mass is 31.2. The molecule has 2 atom stereocenters. The minimum absolute atomic E-state index is 0.368. The fourth-order valence-corrected chi connectivity index (χ4v) is 5.92. The summed E-state index contributed by atoms with van der Waals surface area (Å²) in [5.74, 6) is 0. The number of rotatable bonds is 11. The van der Waals surface area contributed by atoms with Gasteiger partial charge in [-0.25, -0.2) is 0 Å². The SMILES string of the molecule is CCCCCCCCCP(=O)(C(C)C)C(C)CC. The molecule has 0 saturated heterocycles. The van der Waals surface area contributed by atoms with Crippen molar-refractivity contribution in [1.82, 2.24) is 0 Å². The maximum absolute atomic E-state index is 13.0. The van der Waals surface area contributed by atoms with E-state index in [1.54, 1.807) is 0 Å². The van der Waals surface area contributed by atoms with Gasteiger partial charge in [0, 0.05) is 17.5 Å². The molecule has 2 heteroatoms. The Morgan fingerprint density at radius 1 is 0.833 bits per heavy atom. The van der Waals surface area contributed by atoms with Crippen LogP contribution in [0.3, 0.4) is 0 Å². The van der Waals surface area contributed by atoms with Crippen molar-refractivity contribution in [3.8, 4) is 0 Å². The minimum Gasteiger partial charge on any atom is -0.323 e. The molecule has 0 aliphatic carbocycles. The summed E-state index contributed by atoms with van der Waals surface area (Å²) in [7, 11) is -1.94. The lowest BCUT2D eigenvalue weighted by atomic mass is 10.1. The standard InChI is InChI=1S/C16H35OP/c1-6-8-9-10-11-12-13-14-18(17,15(3)4)16(5)7-2/h15-16H,6-14H2,1-5H3. The van der Waals surface area contributed by atoms with E-state index in [0.717, 1.165) is 12.6 Å². The van der Waals surface area contributed by atoms with Crippen LogP contribution in [-0.2, 0) is 4.57 Å². The molecule has 0 aliphatic rings. The van der Waals surface area contributed by atoms with E-state index < -0.39 is 7.14 Å². The maximum atomic E-state index is 13.0. The molecule has 0 N–H and O–H groups in total. The fraction of sp³-hybridized carbons (Fsp3) is 1.00. The lowest BCUT2D eigenvalue weighted by Crippen LogP contribution is -2.13. The molecule has 2 unspecified atom stereocenters. The predicted octanol–water partition coefficient (Wildman–Crippen LogP) is 6.31. The zero-order chi connectivity index (χ0) is 14.0. The summed E-state index contributed by atoms with van der Waals surface area (Å²) in [6.45, 7) is 10.9. The molecule has 0 aromatic heterocycles. The van der Waals surface area contributed by atoms with Gasteiger partial charge in [-0.05, 0) is 12.8 Å². The van der Waals surface area contributed by atoms with Gasteiger partial charge in [0.1, 0.15) is 0 Å². The van der Waals surface area contributed by atoms with Crippen LogP contribution in [-0.4, -0.2) is 17.5 Å². The van der Waals surface area contributed by atoms with Crippen molar-refractivity contribution in [2.24, 2.45) is 0 Å². The van der Waals surface area contributed by atoms with E-state index >= 15 is 0 Å². The first-order valence-corrected chi connectivity index (χ1v) is 10.1. The number of unbranched alkanes of at least 4 members (excludes halogenated alkanes) is 6. The second-order valence-corrected chi connectivity index (χ2v) is 10.1. The summed E-state index contributed by atoms with van der Waals surface area (Å²) >= 11 is 0. The highest BCUT2D eigenvalue weighted by molar-refractivity contribution is 7.65. The second-order valence-electron chi connectivity index (χ2n) is 6.05. The van der Waals surface area contributed by atoms with E-state index in [-0.39, 0.29) is 0 Å². The Balaban J connectivity index is 3.89. The third kappa shape index (κ3) is 6.41. The average Bonchev–Trinajstić information content (AvgIpc) is 2.36. The molecule has 0 aromatic carbocycles. The second kappa shape index (κ2) is 10.1. The third-order valence-corrected chi connectivity index (χ3v) is 8.94. The Labute approximate surface area is 116 Å². The number of hydrogen-bond acceptors (Lipinski definition) is 1. The van der Waals surface area contributed by atoms with Crippen LogP contribution in [0.1, 0.15) is 86.0 Å². The fourth-order valence-electron chi connectivity index (χ4n) is 2.61. The van der Waals surface area contributed by atoms with Crippen molar-refractivity contribution >= 4 is 7.14 Å². The molecule has 0 saturated carbocycles. The van der Waals surface area contributed by atoms with Crippen LogP contribution in [0.2, 0.25) is 0 Å². The topological polar surface area (TPSA) is 17.1 Å². The molecule has 0 rings (SSSR count). The van der Waals surface area contributed by atoms with E-state index in [4.69, 9.17) is 0 Å². The molecule has 0 radical (unpaired) electrons. The summed E-state index contributed by atoms with van der Waals surface area (Å²) in [4.78, 5) is 0. The predicted molar refractivity (Wildman–Crippen MR) is 85.4 cm³/mol. The van der Waals surface area contributed by atoms with Crippen molar-refractivity contribution in [2.75, 3.05) is 6.16 Å². The first-order valence-electron chi connectivity index (χ1n) is 8.07. The highest BCUT2D eigenvalue weighted by Crippen LogP contribution is 2.56. The Kier molecular flexibility index (Phi) is 10.2.